The third-order valence-electron chi connectivity index (χ3n) is 3.44. The van der Waals surface area contributed by atoms with Gasteiger partial charge in [0.05, 0.1) is 5.01 Å². The SMILES string of the molecule is Cc1csc(CCNCC2CCCC(N)C2)n1. The molecule has 0 aliphatic heterocycles. The molecule has 4 heteroatoms. The molecule has 0 aromatic carbocycles. The average Bonchev–Trinajstić information content (AvgIpc) is 2.71. The van der Waals surface area contributed by atoms with Crippen LogP contribution in [0.15, 0.2) is 5.38 Å². The highest BCUT2D eigenvalue weighted by molar-refractivity contribution is 7.09. The molecule has 17 heavy (non-hydrogen) atoms. The minimum absolute atomic E-state index is 0.442. The summed E-state index contributed by atoms with van der Waals surface area (Å²) in [5, 5.41) is 6.91. The summed E-state index contributed by atoms with van der Waals surface area (Å²) < 4.78 is 0. The predicted octanol–water partition coefficient (Wildman–Crippen LogP) is 2.10. The van der Waals surface area contributed by atoms with Crippen LogP contribution in [0, 0.1) is 12.8 Å². The fourth-order valence-electron chi connectivity index (χ4n) is 2.54. The maximum atomic E-state index is 5.99. The molecule has 1 aliphatic carbocycles. The lowest BCUT2D eigenvalue weighted by Gasteiger charge is -2.26. The van der Waals surface area contributed by atoms with E-state index >= 15 is 0 Å². The van der Waals surface area contributed by atoms with Crippen LogP contribution in [-0.4, -0.2) is 24.1 Å². The molecular weight excluding hydrogens is 230 g/mol. The summed E-state index contributed by atoms with van der Waals surface area (Å²) in [7, 11) is 0. The van der Waals surface area contributed by atoms with E-state index in [1.54, 1.807) is 11.3 Å². The highest BCUT2D eigenvalue weighted by Crippen LogP contribution is 2.22. The van der Waals surface area contributed by atoms with Crippen LogP contribution in [-0.2, 0) is 6.42 Å². The van der Waals surface area contributed by atoms with Gasteiger partial charge in [0.2, 0.25) is 0 Å². The van der Waals surface area contributed by atoms with Crippen LogP contribution in [0.1, 0.15) is 36.4 Å². The molecule has 3 N–H and O–H groups in total. The molecule has 2 unspecified atom stereocenters. The van der Waals surface area contributed by atoms with Crippen LogP contribution in [0.5, 0.6) is 0 Å². The molecule has 0 spiro atoms. The second-order valence-corrected chi connectivity index (χ2v) is 6.07. The minimum Gasteiger partial charge on any atom is -0.328 e. The number of hydrogen-bond acceptors (Lipinski definition) is 4. The standard InChI is InChI=1S/C13H23N3S/c1-10-9-17-13(16-10)5-6-15-8-11-3-2-4-12(14)7-11/h9,11-12,15H,2-8,14H2,1H3. The van der Waals surface area contributed by atoms with Gasteiger partial charge in [-0.1, -0.05) is 6.42 Å². The molecule has 1 saturated carbocycles. The first kappa shape index (κ1) is 13.0. The van der Waals surface area contributed by atoms with E-state index in [9.17, 15) is 0 Å². The zero-order valence-electron chi connectivity index (χ0n) is 10.6. The Hall–Kier alpha value is -0.450. The normalized spacial score (nSPS) is 25.1. The molecule has 1 heterocycles. The van der Waals surface area contributed by atoms with Crippen molar-refractivity contribution in [2.24, 2.45) is 11.7 Å². The molecule has 1 aromatic rings. The molecule has 0 amide bonds. The van der Waals surface area contributed by atoms with Gasteiger partial charge in [0.25, 0.3) is 0 Å². The number of nitrogens with two attached hydrogens (primary N) is 1. The molecule has 2 atom stereocenters. The summed E-state index contributed by atoms with van der Waals surface area (Å²) in [6.07, 6.45) is 6.12. The van der Waals surface area contributed by atoms with Crippen molar-refractivity contribution in [1.29, 1.82) is 0 Å². The highest BCUT2D eigenvalue weighted by atomic mass is 32.1. The van der Waals surface area contributed by atoms with Crippen molar-refractivity contribution in [2.75, 3.05) is 13.1 Å². The fraction of sp³-hybridized carbons (Fsp3) is 0.769. The lowest BCUT2D eigenvalue weighted by molar-refractivity contribution is 0.311. The Balaban J connectivity index is 1.59. The van der Waals surface area contributed by atoms with E-state index in [4.69, 9.17) is 5.73 Å². The van der Waals surface area contributed by atoms with Crippen molar-refractivity contribution in [1.82, 2.24) is 10.3 Å². The average molecular weight is 253 g/mol. The van der Waals surface area contributed by atoms with Gasteiger partial charge in [0.1, 0.15) is 0 Å². The van der Waals surface area contributed by atoms with Crippen LogP contribution in [0.25, 0.3) is 0 Å². The van der Waals surface area contributed by atoms with Crippen LogP contribution < -0.4 is 11.1 Å². The second kappa shape index (κ2) is 6.47. The number of rotatable bonds is 5. The zero-order chi connectivity index (χ0) is 12.1. The van der Waals surface area contributed by atoms with Crippen LogP contribution in [0.2, 0.25) is 0 Å². The Kier molecular flexibility index (Phi) is 4.95. The molecule has 1 aliphatic rings. The van der Waals surface area contributed by atoms with Gasteiger partial charge in [-0.3, -0.25) is 0 Å². The van der Waals surface area contributed by atoms with Crippen LogP contribution in [0.4, 0.5) is 0 Å². The van der Waals surface area contributed by atoms with Crippen molar-refractivity contribution >= 4 is 11.3 Å². The third kappa shape index (κ3) is 4.37. The molecule has 0 radical (unpaired) electrons. The first-order chi connectivity index (χ1) is 8.24. The summed E-state index contributed by atoms with van der Waals surface area (Å²) in [6, 6.07) is 0.442. The molecular formula is C13H23N3S. The van der Waals surface area contributed by atoms with Gasteiger partial charge < -0.3 is 11.1 Å². The summed E-state index contributed by atoms with van der Waals surface area (Å²) in [5.74, 6) is 0.789. The summed E-state index contributed by atoms with van der Waals surface area (Å²) in [6.45, 7) is 4.22. The van der Waals surface area contributed by atoms with Gasteiger partial charge in [-0.15, -0.1) is 11.3 Å². The number of aromatic nitrogens is 1. The fourth-order valence-corrected chi connectivity index (χ4v) is 3.31. The third-order valence-corrected chi connectivity index (χ3v) is 4.47. The number of hydrogen-bond donors (Lipinski definition) is 2. The van der Waals surface area contributed by atoms with E-state index in [1.165, 1.54) is 30.7 Å². The quantitative estimate of drug-likeness (QED) is 0.790. The van der Waals surface area contributed by atoms with Crippen molar-refractivity contribution in [2.45, 2.75) is 45.1 Å². The lowest BCUT2D eigenvalue weighted by Crippen LogP contribution is -2.33. The van der Waals surface area contributed by atoms with Gasteiger partial charge in [0, 0.05) is 30.1 Å². The number of thiazole rings is 1. The largest absolute Gasteiger partial charge is 0.328 e. The number of nitrogens with zero attached hydrogens (tertiary/aromatic N) is 1. The van der Waals surface area contributed by atoms with Crippen molar-refractivity contribution in [3.63, 3.8) is 0 Å². The van der Waals surface area contributed by atoms with E-state index < -0.39 is 0 Å². The van der Waals surface area contributed by atoms with Crippen LogP contribution in [0.3, 0.4) is 0 Å². The first-order valence-electron chi connectivity index (χ1n) is 6.61. The van der Waals surface area contributed by atoms with Crippen LogP contribution >= 0.6 is 11.3 Å². The van der Waals surface area contributed by atoms with Gasteiger partial charge in [-0.05, 0) is 38.6 Å². The second-order valence-electron chi connectivity index (χ2n) is 5.13. The summed E-state index contributed by atoms with van der Waals surface area (Å²) in [5.41, 5.74) is 7.13. The smallest absolute Gasteiger partial charge is 0.0940 e. The predicted molar refractivity (Wildman–Crippen MR) is 73.4 cm³/mol. The van der Waals surface area contributed by atoms with E-state index in [0.717, 1.165) is 31.1 Å². The Morgan fingerprint density at radius 3 is 3.12 bits per heavy atom. The van der Waals surface area contributed by atoms with E-state index in [2.05, 4.69) is 22.6 Å². The maximum absolute atomic E-state index is 5.99. The van der Waals surface area contributed by atoms with Gasteiger partial charge in [0.15, 0.2) is 0 Å². The maximum Gasteiger partial charge on any atom is 0.0940 e. The van der Waals surface area contributed by atoms with Crippen molar-refractivity contribution in [3.05, 3.63) is 16.1 Å². The monoisotopic (exact) mass is 253 g/mol. The Morgan fingerprint density at radius 2 is 2.41 bits per heavy atom. The molecule has 0 bridgehead atoms. The van der Waals surface area contributed by atoms with Gasteiger partial charge in [-0.25, -0.2) is 4.98 Å². The molecule has 0 saturated heterocycles. The Morgan fingerprint density at radius 1 is 1.53 bits per heavy atom. The Bertz CT molecular complexity index is 337. The van der Waals surface area contributed by atoms with E-state index in [1.807, 2.05) is 0 Å². The topological polar surface area (TPSA) is 50.9 Å². The molecule has 1 aromatic heterocycles. The van der Waals surface area contributed by atoms with Crippen molar-refractivity contribution in [3.8, 4) is 0 Å². The molecule has 3 nitrogen and oxygen atoms in total. The zero-order valence-corrected chi connectivity index (χ0v) is 11.4. The van der Waals surface area contributed by atoms with E-state index in [-0.39, 0.29) is 0 Å². The molecule has 96 valence electrons. The van der Waals surface area contributed by atoms with Gasteiger partial charge >= 0.3 is 0 Å². The Labute approximate surface area is 108 Å². The van der Waals surface area contributed by atoms with E-state index in [0.29, 0.717) is 6.04 Å². The summed E-state index contributed by atoms with van der Waals surface area (Å²) >= 11 is 1.76. The van der Waals surface area contributed by atoms with Crippen molar-refractivity contribution < 1.29 is 0 Å². The minimum atomic E-state index is 0.442. The van der Waals surface area contributed by atoms with Gasteiger partial charge in [-0.2, -0.15) is 0 Å². The lowest BCUT2D eigenvalue weighted by atomic mass is 9.86. The first-order valence-corrected chi connectivity index (χ1v) is 7.49. The highest BCUT2D eigenvalue weighted by Gasteiger charge is 2.18. The molecule has 1 fully saturated rings. The number of nitrogens with one attached hydrogen (secondary N) is 1. The number of aryl methyl sites for hydroxylation is 1. The summed E-state index contributed by atoms with van der Waals surface area (Å²) in [4.78, 5) is 4.47. The molecule has 2 rings (SSSR count).